The van der Waals surface area contributed by atoms with E-state index in [1.165, 1.54) is 18.2 Å². The zero-order valence-electron chi connectivity index (χ0n) is 13.0. The summed E-state index contributed by atoms with van der Waals surface area (Å²) in [6.45, 7) is 5.24. The number of benzene rings is 1. The molecule has 0 heterocycles. The lowest BCUT2D eigenvalue weighted by Gasteiger charge is -2.19. The Bertz CT molecular complexity index is 638. The van der Waals surface area contributed by atoms with Crippen LogP contribution < -0.4 is 5.32 Å². The molecule has 0 bridgehead atoms. The third-order valence-electron chi connectivity index (χ3n) is 2.49. The minimum atomic E-state index is -4.52. The van der Waals surface area contributed by atoms with Crippen molar-refractivity contribution < 1.29 is 22.7 Å². The van der Waals surface area contributed by atoms with Crippen LogP contribution in [-0.4, -0.2) is 18.2 Å². The summed E-state index contributed by atoms with van der Waals surface area (Å²) in [6.07, 6.45) is -2.28. The monoisotopic (exact) mass is 326 g/mol. The Kier molecular flexibility index (Phi) is 5.79. The van der Waals surface area contributed by atoms with Gasteiger partial charge in [-0.1, -0.05) is 12.2 Å². The van der Waals surface area contributed by atoms with Gasteiger partial charge >= 0.3 is 12.3 Å². The predicted molar refractivity (Wildman–Crippen MR) is 79.4 cm³/mol. The van der Waals surface area contributed by atoms with E-state index < -0.39 is 23.4 Å². The normalized spacial score (nSPS) is 12.0. The van der Waals surface area contributed by atoms with Crippen LogP contribution in [0, 0.1) is 11.3 Å². The van der Waals surface area contributed by atoms with E-state index in [-0.39, 0.29) is 17.7 Å². The summed E-state index contributed by atoms with van der Waals surface area (Å²) in [5.74, 6) is 0. The van der Waals surface area contributed by atoms with Gasteiger partial charge in [-0.3, -0.25) is 0 Å². The number of rotatable bonds is 3. The van der Waals surface area contributed by atoms with Crippen LogP contribution in [0.15, 0.2) is 24.3 Å². The zero-order valence-corrected chi connectivity index (χ0v) is 13.0. The lowest BCUT2D eigenvalue weighted by atomic mass is 10.1. The molecule has 0 saturated carbocycles. The lowest BCUT2D eigenvalue weighted by molar-refractivity contribution is -0.137. The van der Waals surface area contributed by atoms with E-state index in [9.17, 15) is 18.0 Å². The maximum Gasteiger partial charge on any atom is 0.416 e. The fourth-order valence-electron chi connectivity index (χ4n) is 1.63. The molecule has 1 N–H and O–H groups in total. The van der Waals surface area contributed by atoms with Crippen LogP contribution >= 0.6 is 0 Å². The molecule has 23 heavy (non-hydrogen) atoms. The SMILES string of the molecule is CC(C)(C)OC(=O)NCC=Cc1cc(C#N)cc(C(F)(F)F)c1. The van der Waals surface area contributed by atoms with E-state index in [1.807, 2.05) is 0 Å². The van der Waals surface area contributed by atoms with Gasteiger partial charge < -0.3 is 10.1 Å². The maximum absolute atomic E-state index is 12.7. The van der Waals surface area contributed by atoms with Gasteiger partial charge in [-0.05, 0) is 44.5 Å². The van der Waals surface area contributed by atoms with Gasteiger partial charge in [0.25, 0.3) is 0 Å². The van der Waals surface area contributed by atoms with E-state index in [2.05, 4.69) is 5.32 Å². The number of alkyl halides is 3. The van der Waals surface area contributed by atoms with Gasteiger partial charge in [-0.15, -0.1) is 0 Å². The molecule has 0 aromatic heterocycles. The van der Waals surface area contributed by atoms with Crippen molar-refractivity contribution in [3.05, 3.63) is 41.0 Å². The van der Waals surface area contributed by atoms with E-state index in [0.29, 0.717) is 0 Å². The molecule has 0 aliphatic rings. The van der Waals surface area contributed by atoms with Crippen LogP contribution in [0.3, 0.4) is 0 Å². The molecular weight excluding hydrogens is 309 g/mol. The molecule has 0 atom stereocenters. The van der Waals surface area contributed by atoms with Gasteiger partial charge in [0.05, 0.1) is 17.2 Å². The van der Waals surface area contributed by atoms with Gasteiger partial charge in [-0.2, -0.15) is 18.4 Å². The summed E-state index contributed by atoms with van der Waals surface area (Å²) < 4.78 is 43.2. The Balaban J connectivity index is 2.74. The van der Waals surface area contributed by atoms with Crippen molar-refractivity contribution in [2.75, 3.05) is 6.54 Å². The number of alkyl carbamates (subject to hydrolysis) is 1. The number of hydrogen-bond acceptors (Lipinski definition) is 3. The predicted octanol–water partition coefficient (Wildman–Crippen LogP) is 4.11. The molecule has 1 rings (SSSR count). The van der Waals surface area contributed by atoms with Crippen molar-refractivity contribution in [2.24, 2.45) is 0 Å². The highest BCUT2D eigenvalue weighted by Crippen LogP contribution is 2.30. The molecule has 0 fully saturated rings. The van der Waals surface area contributed by atoms with Crippen LogP contribution in [0.4, 0.5) is 18.0 Å². The van der Waals surface area contributed by atoms with Crippen molar-refractivity contribution in [2.45, 2.75) is 32.5 Å². The Morgan fingerprint density at radius 1 is 1.30 bits per heavy atom. The molecule has 124 valence electrons. The van der Waals surface area contributed by atoms with Crippen LogP contribution in [-0.2, 0) is 10.9 Å². The first-order valence-electron chi connectivity index (χ1n) is 6.77. The summed E-state index contributed by atoms with van der Waals surface area (Å²) in [7, 11) is 0. The second-order valence-electron chi connectivity index (χ2n) is 5.74. The smallest absolute Gasteiger partial charge is 0.416 e. The van der Waals surface area contributed by atoms with Crippen molar-refractivity contribution in [3.63, 3.8) is 0 Å². The number of carbonyl (C=O) groups is 1. The first-order valence-corrected chi connectivity index (χ1v) is 6.77. The van der Waals surface area contributed by atoms with Crippen LogP contribution in [0.25, 0.3) is 6.08 Å². The highest BCUT2D eigenvalue weighted by Gasteiger charge is 2.31. The van der Waals surface area contributed by atoms with E-state index in [0.717, 1.165) is 12.1 Å². The number of halogens is 3. The first kappa shape index (κ1) is 18.6. The topological polar surface area (TPSA) is 62.1 Å². The number of nitrogens with one attached hydrogen (secondary N) is 1. The minimum Gasteiger partial charge on any atom is -0.444 e. The van der Waals surface area contributed by atoms with Crippen molar-refractivity contribution >= 4 is 12.2 Å². The summed E-state index contributed by atoms with van der Waals surface area (Å²) in [4.78, 5) is 11.4. The van der Waals surface area contributed by atoms with Crippen molar-refractivity contribution in [1.29, 1.82) is 5.26 Å². The van der Waals surface area contributed by atoms with Gasteiger partial charge in [0.15, 0.2) is 0 Å². The second-order valence-corrected chi connectivity index (χ2v) is 5.74. The Morgan fingerprint density at radius 3 is 2.48 bits per heavy atom. The van der Waals surface area contributed by atoms with Gasteiger partial charge in [0.2, 0.25) is 0 Å². The molecule has 0 radical (unpaired) electrons. The van der Waals surface area contributed by atoms with Gasteiger partial charge in [-0.25, -0.2) is 4.79 Å². The second kappa shape index (κ2) is 7.18. The van der Waals surface area contributed by atoms with E-state index in [4.69, 9.17) is 10.00 Å². The van der Waals surface area contributed by atoms with Gasteiger partial charge in [0.1, 0.15) is 5.60 Å². The molecule has 0 aliphatic carbocycles. The highest BCUT2D eigenvalue weighted by molar-refractivity contribution is 5.68. The van der Waals surface area contributed by atoms with Crippen LogP contribution in [0.1, 0.15) is 37.5 Å². The van der Waals surface area contributed by atoms with E-state index >= 15 is 0 Å². The van der Waals surface area contributed by atoms with E-state index in [1.54, 1.807) is 26.8 Å². The zero-order chi connectivity index (χ0) is 17.7. The number of amides is 1. The molecule has 0 aliphatic heterocycles. The largest absolute Gasteiger partial charge is 0.444 e. The molecule has 0 spiro atoms. The van der Waals surface area contributed by atoms with Crippen LogP contribution in [0.5, 0.6) is 0 Å². The molecule has 1 aromatic rings. The highest BCUT2D eigenvalue weighted by atomic mass is 19.4. The molecule has 0 saturated heterocycles. The molecule has 4 nitrogen and oxygen atoms in total. The third-order valence-corrected chi connectivity index (χ3v) is 2.49. The van der Waals surface area contributed by atoms with Crippen molar-refractivity contribution in [1.82, 2.24) is 5.32 Å². The quantitative estimate of drug-likeness (QED) is 0.909. The number of nitrogens with zero attached hydrogens (tertiary/aromatic N) is 1. The summed E-state index contributed by atoms with van der Waals surface area (Å²) >= 11 is 0. The molecule has 1 amide bonds. The molecule has 0 unspecified atom stereocenters. The number of nitriles is 1. The van der Waals surface area contributed by atoms with Crippen molar-refractivity contribution in [3.8, 4) is 6.07 Å². The summed E-state index contributed by atoms with van der Waals surface area (Å²) in [5, 5.41) is 11.2. The molecule has 7 heteroatoms. The average Bonchev–Trinajstić information content (AvgIpc) is 2.40. The Labute approximate surface area is 132 Å². The first-order chi connectivity index (χ1) is 10.5. The Hall–Kier alpha value is -2.49. The van der Waals surface area contributed by atoms with Gasteiger partial charge in [0, 0.05) is 6.54 Å². The summed E-state index contributed by atoms with van der Waals surface area (Å²) in [5.41, 5.74) is -1.38. The van der Waals surface area contributed by atoms with Crippen LogP contribution in [0.2, 0.25) is 0 Å². The standard InChI is InChI=1S/C16H17F3N2O2/c1-15(2,3)23-14(22)21-6-4-5-11-7-12(10-20)9-13(8-11)16(17,18)19/h4-5,7-9H,6H2,1-3H3,(H,21,22). The fraction of sp³-hybridized carbons (Fsp3) is 0.375. The third kappa shape index (κ3) is 6.87. The molecular formula is C16H17F3N2O2. The maximum atomic E-state index is 12.7. The number of carbonyl (C=O) groups excluding carboxylic acids is 1. The summed E-state index contributed by atoms with van der Waals surface area (Å²) in [6, 6.07) is 4.75. The number of hydrogen-bond donors (Lipinski definition) is 1. The molecule has 1 aromatic carbocycles. The fourth-order valence-corrected chi connectivity index (χ4v) is 1.63. The average molecular weight is 326 g/mol. The lowest BCUT2D eigenvalue weighted by Crippen LogP contribution is -2.32. The number of ether oxygens (including phenoxy) is 1. The minimum absolute atomic E-state index is 0.0837. The Morgan fingerprint density at radius 2 is 1.96 bits per heavy atom.